The molecule has 0 bridgehead atoms. The zero-order valence-corrected chi connectivity index (χ0v) is 17.5. The maximum atomic E-state index is 13.2. The first-order valence-corrected chi connectivity index (χ1v) is 11.3. The number of hydrogen-bond acceptors (Lipinski definition) is 4. The summed E-state index contributed by atoms with van der Waals surface area (Å²) in [7, 11) is 0. The molecule has 0 aliphatic carbocycles. The maximum absolute atomic E-state index is 13.2. The Hall–Kier alpha value is -1.14. The average molecular weight is 405 g/mol. The van der Waals surface area contributed by atoms with E-state index in [1.807, 2.05) is 12.1 Å². The molecule has 3 aliphatic rings. The molecule has 3 fully saturated rings. The van der Waals surface area contributed by atoms with Crippen molar-refractivity contribution >= 4 is 17.5 Å². The van der Waals surface area contributed by atoms with E-state index in [1.165, 1.54) is 18.4 Å². The molecule has 2 N–H and O–H groups in total. The van der Waals surface area contributed by atoms with Gasteiger partial charge >= 0.3 is 0 Å². The van der Waals surface area contributed by atoms with Crippen molar-refractivity contribution in [2.45, 2.75) is 51.1 Å². The van der Waals surface area contributed by atoms with Crippen LogP contribution in [0.2, 0.25) is 5.02 Å². The highest BCUT2D eigenvalue weighted by molar-refractivity contribution is 6.31. The fourth-order valence-corrected chi connectivity index (χ4v) is 5.26. The SMILES string of the molecule is O=C(C1CNNC1C1CCN(Cc2ccccc2Cl)CC1)N1CCCCCC1. The quantitative estimate of drug-likeness (QED) is 0.809. The minimum absolute atomic E-state index is 0.0817. The lowest BCUT2D eigenvalue weighted by Gasteiger charge is -2.37. The number of amides is 1. The standard InChI is InChI=1S/C22H33ClN4O/c23-20-8-4-3-7-18(20)16-26-13-9-17(10-14-26)21-19(15-24-25-21)22(28)27-11-5-1-2-6-12-27/h3-4,7-8,17,19,21,24-25H,1-2,5-6,9-16H2. The van der Waals surface area contributed by atoms with Gasteiger partial charge in [-0.15, -0.1) is 0 Å². The van der Waals surface area contributed by atoms with Crippen LogP contribution in [0.15, 0.2) is 24.3 Å². The summed E-state index contributed by atoms with van der Waals surface area (Å²) in [5.74, 6) is 1.000. The van der Waals surface area contributed by atoms with Crippen LogP contribution in [0.1, 0.15) is 44.1 Å². The molecule has 0 spiro atoms. The van der Waals surface area contributed by atoms with Crippen molar-refractivity contribution in [2.24, 2.45) is 11.8 Å². The van der Waals surface area contributed by atoms with Crippen LogP contribution in [-0.4, -0.2) is 54.5 Å². The molecule has 1 aromatic carbocycles. The monoisotopic (exact) mass is 404 g/mol. The van der Waals surface area contributed by atoms with E-state index in [0.717, 1.165) is 70.0 Å². The number of benzene rings is 1. The average Bonchev–Trinajstić information content (AvgIpc) is 3.04. The van der Waals surface area contributed by atoms with E-state index in [4.69, 9.17) is 11.6 Å². The first kappa shape index (κ1) is 20.1. The Bertz CT molecular complexity index is 654. The number of piperidine rings is 1. The third-order valence-electron chi connectivity index (χ3n) is 6.75. The maximum Gasteiger partial charge on any atom is 0.228 e. The van der Waals surface area contributed by atoms with Gasteiger partial charge in [-0.3, -0.25) is 20.5 Å². The first-order valence-electron chi connectivity index (χ1n) is 11.0. The van der Waals surface area contributed by atoms with Crippen molar-refractivity contribution < 1.29 is 4.79 Å². The highest BCUT2D eigenvalue weighted by Gasteiger charge is 2.40. The van der Waals surface area contributed by atoms with E-state index in [0.29, 0.717) is 11.8 Å². The number of hydrogen-bond donors (Lipinski definition) is 2. The van der Waals surface area contributed by atoms with Crippen molar-refractivity contribution in [2.75, 3.05) is 32.7 Å². The first-order chi connectivity index (χ1) is 13.7. The second kappa shape index (κ2) is 9.57. The van der Waals surface area contributed by atoms with Crippen molar-refractivity contribution in [3.63, 3.8) is 0 Å². The number of rotatable bonds is 4. The molecule has 2 unspecified atom stereocenters. The smallest absolute Gasteiger partial charge is 0.228 e. The number of halogens is 1. The Morgan fingerprint density at radius 2 is 1.75 bits per heavy atom. The van der Waals surface area contributed by atoms with E-state index >= 15 is 0 Å². The Morgan fingerprint density at radius 1 is 1.04 bits per heavy atom. The van der Waals surface area contributed by atoms with E-state index < -0.39 is 0 Å². The van der Waals surface area contributed by atoms with Gasteiger partial charge in [0.05, 0.1) is 5.92 Å². The third kappa shape index (κ3) is 4.70. The number of carbonyl (C=O) groups excluding carboxylic acids is 1. The van der Waals surface area contributed by atoms with Crippen LogP contribution >= 0.6 is 11.6 Å². The van der Waals surface area contributed by atoms with Gasteiger partial charge in [-0.1, -0.05) is 42.6 Å². The van der Waals surface area contributed by atoms with Gasteiger partial charge in [0, 0.05) is 37.2 Å². The summed E-state index contributed by atoms with van der Waals surface area (Å²) in [5.41, 5.74) is 7.94. The molecule has 0 saturated carbocycles. The summed E-state index contributed by atoms with van der Waals surface area (Å²) >= 11 is 6.33. The summed E-state index contributed by atoms with van der Waals surface area (Å²) in [5, 5.41) is 0.856. The Balaban J connectivity index is 1.32. The van der Waals surface area contributed by atoms with Gasteiger partial charge in [-0.05, 0) is 56.3 Å². The summed E-state index contributed by atoms with van der Waals surface area (Å²) in [6.07, 6.45) is 7.10. The van der Waals surface area contributed by atoms with E-state index in [-0.39, 0.29) is 12.0 Å². The van der Waals surface area contributed by atoms with Gasteiger partial charge in [-0.25, -0.2) is 0 Å². The molecule has 1 aromatic rings. The zero-order chi connectivity index (χ0) is 19.3. The summed E-state index contributed by atoms with van der Waals surface area (Å²) < 4.78 is 0. The lowest BCUT2D eigenvalue weighted by Crippen LogP contribution is -2.48. The number of carbonyl (C=O) groups is 1. The van der Waals surface area contributed by atoms with Gasteiger partial charge < -0.3 is 4.90 Å². The van der Waals surface area contributed by atoms with Crippen molar-refractivity contribution in [3.8, 4) is 0 Å². The molecule has 3 heterocycles. The second-order valence-electron chi connectivity index (χ2n) is 8.60. The Labute approximate surface area is 173 Å². The van der Waals surface area contributed by atoms with Gasteiger partial charge in [0.15, 0.2) is 0 Å². The Kier molecular flexibility index (Phi) is 6.89. The molecular formula is C22H33ClN4O. The topological polar surface area (TPSA) is 47.6 Å². The van der Waals surface area contributed by atoms with Crippen LogP contribution in [0, 0.1) is 11.8 Å². The van der Waals surface area contributed by atoms with Crippen LogP contribution < -0.4 is 10.9 Å². The molecule has 2 atom stereocenters. The van der Waals surface area contributed by atoms with Crippen molar-refractivity contribution in [1.82, 2.24) is 20.7 Å². The zero-order valence-electron chi connectivity index (χ0n) is 16.7. The minimum atomic E-state index is 0.0817. The third-order valence-corrected chi connectivity index (χ3v) is 7.12. The molecule has 154 valence electrons. The van der Waals surface area contributed by atoms with Gasteiger partial charge in [0.25, 0.3) is 0 Å². The molecule has 28 heavy (non-hydrogen) atoms. The molecule has 1 amide bonds. The summed E-state index contributed by atoms with van der Waals surface area (Å²) in [4.78, 5) is 17.8. The lowest BCUT2D eigenvalue weighted by atomic mass is 9.82. The largest absolute Gasteiger partial charge is 0.342 e. The molecule has 5 nitrogen and oxygen atoms in total. The fraction of sp³-hybridized carbons (Fsp3) is 0.682. The van der Waals surface area contributed by atoms with E-state index in [2.05, 4.69) is 32.8 Å². The van der Waals surface area contributed by atoms with Crippen LogP contribution in [-0.2, 0) is 11.3 Å². The van der Waals surface area contributed by atoms with E-state index in [1.54, 1.807) is 0 Å². The molecule has 0 aromatic heterocycles. The molecule has 6 heteroatoms. The molecule has 3 aliphatic heterocycles. The number of hydrazine groups is 1. The molecule has 4 rings (SSSR count). The predicted molar refractivity (Wildman–Crippen MR) is 113 cm³/mol. The Morgan fingerprint density at radius 3 is 2.46 bits per heavy atom. The van der Waals surface area contributed by atoms with Crippen LogP contribution in [0.5, 0.6) is 0 Å². The van der Waals surface area contributed by atoms with Crippen molar-refractivity contribution in [1.29, 1.82) is 0 Å². The van der Waals surface area contributed by atoms with Gasteiger partial charge in [0.1, 0.15) is 0 Å². The van der Waals surface area contributed by atoms with Crippen molar-refractivity contribution in [3.05, 3.63) is 34.9 Å². The van der Waals surface area contributed by atoms with Gasteiger partial charge in [0.2, 0.25) is 5.91 Å². The fourth-order valence-electron chi connectivity index (χ4n) is 5.06. The normalized spacial score (nSPS) is 27.7. The van der Waals surface area contributed by atoms with E-state index in [9.17, 15) is 4.79 Å². The summed E-state index contributed by atoms with van der Waals surface area (Å²) in [6, 6.07) is 8.39. The number of likely N-dealkylation sites (tertiary alicyclic amines) is 2. The minimum Gasteiger partial charge on any atom is -0.342 e. The van der Waals surface area contributed by atoms with Crippen LogP contribution in [0.3, 0.4) is 0 Å². The highest BCUT2D eigenvalue weighted by Crippen LogP contribution is 2.29. The highest BCUT2D eigenvalue weighted by atomic mass is 35.5. The number of nitrogens with zero attached hydrogens (tertiary/aromatic N) is 2. The second-order valence-corrected chi connectivity index (χ2v) is 9.01. The predicted octanol–water partition coefficient (Wildman–Crippen LogP) is 3.05. The number of nitrogens with one attached hydrogen (secondary N) is 2. The molecule has 3 saturated heterocycles. The molecular weight excluding hydrogens is 372 g/mol. The molecule has 0 radical (unpaired) electrons. The van der Waals surface area contributed by atoms with Crippen LogP contribution in [0.25, 0.3) is 0 Å². The van der Waals surface area contributed by atoms with Crippen LogP contribution in [0.4, 0.5) is 0 Å². The lowest BCUT2D eigenvalue weighted by molar-refractivity contribution is -0.136. The summed E-state index contributed by atoms with van der Waals surface area (Å²) in [6.45, 7) is 5.70. The van der Waals surface area contributed by atoms with Gasteiger partial charge in [-0.2, -0.15) is 0 Å².